The molecule has 1 aromatic rings. The van der Waals surface area contributed by atoms with Crippen molar-refractivity contribution in [3.63, 3.8) is 0 Å². The highest BCUT2D eigenvalue weighted by Gasteiger charge is 2.22. The largest absolute Gasteiger partial charge is 0.380 e. The normalized spacial score (nSPS) is 20.3. The zero-order valence-corrected chi connectivity index (χ0v) is 11.6. The molecule has 19 heavy (non-hydrogen) atoms. The first kappa shape index (κ1) is 14.3. The molecule has 0 amide bonds. The van der Waals surface area contributed by atoms with Gasteiger partial charge in [-0.2, -0.15) is 0 Å². The fourth-order valence-electron chi connectivity index (χ4n) is 2.47. The fourth-order valence-corrected chi connectivity index (χ4v) is 2.47. The zero-order valence-electron chi connectivity index (χ0n) is 11.6. The number of piperazine rings is 1. The standard InChI is InChI=1S/C16H24N2O/c1-2-3-12-19-13-11-18-10-9-17-14-16(18)15-7-5-4-6-8-15/h2,4-8,16-17H,1,3,9-14H2. The molecule has 0 radical (unpaired) electrons. The Labute approximate surface area is 116 Å². The van der Waals surface area contributed by atoms with Crippen molar-refractivity contribution in [2.45, 2.75) is 12.5 Å². The molecule has 0 saturated carbocycles. The number of hydrogen-bond acceptors (Lipinski definition) is 3. The van der Waals surface area contributed by atoms with Crippen LogP contribution in [0.3, 0.4) is 0 Å². The van der Waals surface area contributed by atoms with E-state index < -0.39 is 0 Å². The summed E-state index contributed by atoms with van der Waals surface area (Å²) >= 11 is 0. The van der Waals surface area contributed by atoms with E-state index in [1.807, 2.05) is 6.08 Å². The Morgan fingerprint density at radius 1 is 1.32 bits per heavy atom. The Morgan fingerprint density at radius 2 is 2.16 bits per heavy atom. The lowest BCUT2D eigenvalue weighted by Gasteiger charge is -2.36. The van der Waals surface area contributed by atoms with E-state index in [0.717, 1.165) is 45.8 Å². The van der Waals surface area contributed by atoms with E-state index in [-0.39, 0.29) is 0 Å². The van der Waals surface area contributed by atoms with Gasteiger partial charge in [0.05, 0.1) is 13.2 Å². The highest BCUT2D eigenvalue weighted by molar-refractivity contribution is 5.20. The van der Waals surface area contributed by atoms with Gasteiger partial charge in [-0.1, -0.05) is 36.4 Å². The van der Waals surface area contributed by atoms with Crippen molar-refractivity contribution >= 4 is 0 Å². The van der Waals surface area contributed by atoms with Crippen molar-refractivity contribution in [1.82, 2.24) is 10.2 Å². The topological polar surface area (TPSA) is 24.5 Å². The van der Waals surface area contributed by atoms with Crippen LogP contribution in [0.5, 0.6) is 0 Å². The fraction of sp³-hybridized carbons (Fsp3) is 0.500. The quantitative estimate of drug-likeness (QED) is 0.601. The molecule has 2 rings (SSSR count). The minimum absolute atomic E-state index is 0.470. The summed E-state index contributed by atoms with van der Waals surface area (Å²) in [5.41, 5.74) is 1.39. The molecule has 0 aliphatic carbocycles. The molecule has 1 saturated heterocycles. The first-order valence-corrected chi connectivity index (χ1v) is 7.10. The van der Waals surface area contributed by atoms with Crippen molar-refractivity contribution in [1.29, 1.82) is 0 Å². The van der Waals surface area contributed by atoms with Gasteiger partial charge in [-0.15, -0.1) is 6.58 Å². The highest BCUT2D eigenvalue weighted by atomic mass is 16.5. The van der Waals surface area contributed by atoms with E-state index in [1.54, 1.807) is 0 Å². The molecule has 1 N–H and O–H groups in total. The van der Waals surface area contributed by atoms with Crippen LogP contribution in [0.2, 0.25) is 0 Å². The van der Waals surface area contributed by atoms with Crippen LogP contribution in [-0.4, -0.2) is 44.3 Å². The maximum atomic E-state index is 5.63. The Morgan fingerprint density at radius 3 is 2.95 bits per heavy atom. The predicted molar refractivity (Wildman–Crippen MR) is 79.3 cm³/mol. The van der Waals surface area contributed by atoms with Gasteiger partial charge in [0.25, 0.3) is 0 Å². The second kappa shape index (κ2) is 8.10. The minimum atomic E-state index is 0.470. The molecule has 104 valence electrons. The minimum Gasteiger partial charge on any atom is -0.380 e. The van der Waals surface area contributed by atoms with Gasteiger partial charge in [-0.05, 0) is 12.0 Å². The molecule has 0 spiro atoms. The van der Waals surface area contributed by atoms with E-state index >= 15 is 0 Å². The third kappa shape index (κ3) is 4.46. The van der Waals surface area contributed by atoms with E-state index in [2.05, 4.69) is 47.1 Å². The van der Waals surface area contributed by atoms with Crippen molar-refractivity contribution < 1.29 is 4.74 Å². The molecule has 3 nitrogen and oxygen atoms in total. The number of benzene rings is 1. The van der Waals surface area contributed by atoms with Crippen molar-refractivity contribution in [2.24, 2.45) is 0 Å². The van der Waals surface area contributed by atoms with E-state index in [9.17, 15) is 0 Å². The summed E-state index contributed by atoms with van der Waals surface area (Å²) in [6.07, 6.45) is 2.83. The van der Waals surface area contributed by atoms with Gasteiger partial charge in [-0.25, -0.2) is 0 Å². The lowest BCUT2D eigenvalue weighted by atomic mass is 10.0. The molecular weight excluding hydrogens is 236 g/mol. The van der Waals surface area contributed by atoms with Crippen molar-refractivity contribution in [2.75, 3.05) is 39.4 Å². The van der Waals surface area contributed by atoms with Crippen LogP contribution >= 0.6 is 0 Å². The Kier molecular flexibility index (Phi) is 6.08. The van der Waals surface area contributed by atoms with Crippen LogP contribution in [-0.2, 0) is 4.74 Å². The lowest BCUT2D eigenvalue weighted by molar-refractivity contribution is 0.0788. The van der Waals surface area contributed by atoms with Crippen LogP contribution in [0, 0.1) is 0 Å². The molecule has 1 fully saturated rings. The molecular formula is C16H24N2O. The second-order valence-corrected chi connectivity index (χ2v) is 4.86. The Balaban J connectivity index is 1.84. The number of ether oxygens (including phenoxy) is 1. The van der Waals surface area contributed by atoms with Crippen molar-refractivity contribution in [3.05, 3.63) is 48.6 Å². The van der Waals surface area contributed by atoms with Gasteiger partial charge in [-0.3, -0.25) is 4.90 Å². The average molecular weight is 260 g/mol. The second-order valence-electron chi connectivity index (χ2n) is 4.86. The number of nitrogens with one attached hydrogen (secondary N) is 1. The zero-order chi connectivity index (χ0) is 13.3. The summed E-state index contributed by atoms with van der Waals surface area (Å²) in [6.45, 7) is 9.46. The summed E-state index contributed by atoms with van der Waals surface area (Å²) in [7, 11) is 0. The van der Waals surface area contributed by atoms with Gasteiger partial charge >= 0.3 is 0 Å². The third-order valence-corrected chi connectivity index (χ3v) is 3.53. The number of hydrogen-bond donors (Lipinski definition) is 1. The van der Waals surface area contributed by atoms with Gasteiger partial charge in [0.1, 0.15) is 0 Å². The predicted octanol–water partition coefficient (Wildman–Crippen LogP) is 2.23. The monoisotopic (exact) mass is 260 g/mol. The summed E-state index contributed by atoms with van der Waals surface area (Å²) in [6, 6.07) is 11.2. The molecule has 1 heterocycles. The lowest BCUT2D eigenvalue weighted by Crippen LogP contribution is -2.47. The molecule has 1 aliphatic heterocycles. The molecule has 0 aromatic heterocycles. The maximum absolute atomic E-state index is 5.63. The Bertz CT molecular complexity index is 366. The number of rotatable bonds is 7. The summed E-state index contributed by atoms with van der Waals surface area (Å²) in [5, 5.41) is 3.48. The van der Waals surface area contributed by atoms with Gasteiger partial charge in [0.2, 0.25) is 0 Å². The molecule has 1 aromatic carbocycles. The third-order valence-electron chi connectivity index (χ3n) is 3.53. The molecule has 3 heteroatoms. The smallest absolute Gasteiger partial charge is 0.0593 e. The molecule has 0 bridgehead atoms. The molecule has 1 unspecified atom stereocenters. The maximum Gasteiger partial charge on any atom is 0.0593 e. The number of nitrogens with zero attached hydrogens (tertiary/aromatic N) is 1. The van der Waals surface area contributed by atoms with E-state index in [4.69, 9.17) is 4.74 Å². The summed E-state index contributed by atoms with van der Waals surface area (Å²) in [5.74, 6) is 0. The van der Waals surface area contributed by atoms with E-state index in [0.29, 0.717) is 6.04 Å². The summed E-state index contributed by atoms with van der Waals surface area (Å²) in [4.78, 5) is 2.51. The van der Waals surface area contributed by atoms with Crippen LogP contribution in [0.4, 0.5) is 0 Å². The van der Waals surface area contributed by atoms with Crippen LogP contribution in [0.1, 0.15) is 18.0 Å². The van der Waals surface area contributed by atoms with Gasteiger partial charge in [0.15, 0.2) is 0 Å². The van der Waals surface area contributed by atoms with Gasteiger partial charge < -0.3 is 10.1 Å². The Hall–Kier alpha value is -1.16. The van der Waals surface area contributed by atoms with Crippen LogP contribution in [0.15, 0.2) is 43.0 Å². The SMILES string of the molecule is C=CCCOCCN1CCNCC1c1ccccc1. The molecule has 1 atom stereocenters. The summed E-state index contributed by atoms with van der Waals surface area (Å²) < 4.78 is 5.63. The highest BCUT2D eigenvalue weighted by Crippen LogP contribution is 2.21. The first-order chi connectivity index (χ1) is 9.42. The van der Waals surface area contributed by atoms with Crippen LogP contribution in [0.25, 0.3) is 0 Å². The average Bonchev–Trinajstić information content (AvgIpc) is 2.48. The van der Waals surface area contributed by atoms with Crippen LogP contribution < -0.4 is 5.32 Å². The van der Waals surface area contributed by atoms with Gasteiger partial charge in [0, 0.05) is 32.2 Å². The van der Waals surface area contributed by atoms with E-state index in [1.165, 1.54) is 5.56 Å². The molecule has 1 aliphatic rings. The first-order valence-electron chi connectivity index (χ1n) is 7.10. The van der Waals surface area contributed by atoms with Crippen molar-refractivity contribution in [3.8, 4) is 0 Å².